The van der Waals surface area contributed by atoms with Crippen LogP contribution >= 0.6 is 0 Å². The Balaban J connectivity index is 1.69. The number of amides is 1. The van der Waals surface area contributed by atoms with Gasteiger partial charge in [-0.1, -0.05) is 43.2 Å². The van der Waals surface area contributed by atoms with Crippen LogP contribution in [0, 0.1) is 0 Å². The molecule has 32 heavy (non-hydrogen) atoms. The number of nitrogens with one attached hydrogen (secondary N) is 1. The first kappa shape index (κ1) is 25.8. The fourth-order valence-electron chi connectivity index (χ4n) is 3.58. The van der Waals surface area contributed by atoms with Crippen molar-refractivity contribution in [2.24, 2.45) is 0 Å². The second-order valence-corrected chi connectivity index (χ2v) is 8.02. The maximum absolute atomic E-state index is 12.2. The minimum Gasteiger partial charge on any atom is -0.491 e. The second kappa shape index (κ2) is 14.6. The van der Waals surface area contributed by atoms with Crippen molar-refractivity contribution in [2.45, 2.75) is 63.5 Å². The van der Waals surface area contributed by atoms with Crippen molar-refractivity contribution in [2.75, 3.05) is 19.8 Å². The van der Waals surface area contributed by atoms with Crippen LogP contribution in [0.4, 0.5) is 0 Å². The summed E-state index contributed by atoms with van der Waals surface area (Å²) in [5, 5.41) is 30.7. The molecule has 0 radical (unpaired) electrons. The summed E-state index contributed by atoms with van der Waals surface area (Å²) in [6.07, 6.45) is 8.45. The summed E-state index contributed by atoms with van der Waals surface area (Å²) in [6, 6.07) is 8.71. The molecular weight excluding hydrogens is 410 g/mol. The van der Waals surface area contributed by atoms with Gasteiger partial charge >= 0.3 is 0 Å². The highest BCUT2D eigenvalue weighted by Gasteiger charge is 2.21. The predicted octanol–water partition coefficient (Wildman–Crippen LogP) is 2.45. The van der Waals surface area contributed by atoms with Gasteiger partial charge in [0, 0.05) is 12.8 Å². The SMILES string of the molecule is O=C(CCCCCCC1=C(/C=C/C(O)COc2ccccc2)CCC1=O)NC(CO)CO. The summed E-state index contributed by atoms with van der Waals surface area (Å²) >= 11 is 0. The summed E-state index contributed by atoms with van der Waals surface area (Å²) in [5.74, 6) is 0.710. The van der Waals surface area contributed by atoms with E-state index in [1.54, 1.807) is 6.08 Å². The van der Waals surface area contributed by atoms with Crippen LogP contribution in [0.1, 0.15) is 51.4 Å². The summed E-state index contributed by atoms with van der Waals surface area (Å²) in [7, 11) is 0. The van der Waals surface area contributed by atoms with Gasteiger partial charge in [-0.25, -0.2) is 0 Å². The van der Waals surface area contributed by atoms with Crippen molar-refractivity contribution >= 4 is 11.7 Å². The monoisotopic (exact) mass is 445 g/mol. The molecule has 0 spiro atoms. The van der Waals surface area contributed by atoms with E-state index >= 15 is 0 Å². The molecule has 1 atom stereocenters. The molecule has 7 nitrogen and oxygen atoms in total. The average molecular weight is 446 g/mol. The van der Waals surface area contributed by atoms with Gasteiger partial charge in [-0.3, -0.25) is 9.59 Å². The average Bonchev–Trinajstić information content (AvgIpc) is 3.16. The molecule has 0 bridgehead atoms. The van der Waals surface area contributed by atoms with Crippen LogP contribution in [0.15, 0.2) is 53.6 Å². The number of hydrogen-bond acceptors (Lipinski definition) is 6. The van der Waals surface area contributed by atoms with Crippen molar-refractivity contribution in [1.82, 2.24) is 5.32 Å². The Labute approximate surface area is 189 Å². The van der Waals surface area contributed by atoms with Gasteiger partial charge in [0.25, 0.3) is 0 Å². The number of benzene rings is 1. The minimum atomic E-state index is -0.748. The van der Waals surface area contributed by atoms with E-state index in [-0.39, 0.29) is 31.5 Å². The molecule has 176 valence electrons. The van der Waals surface area contributed by atoms with E-state index in [1.807, 2.05) is 36.4 Å². The van der Waals surface area contributed by atoms with Crippen molar-refractivity contribution in [3.8, 4) is 5.75 Å². The lowest BCUT2D eigenvalue weighted by atomic mass is 10.0. The van der Waals surface area contributed by atoms with Crippen molar-refractivity contribution in [3.05, 3.63) is 53.6 Å². The number of hydrogen-bond donors (Lipinski definition) is 4. The molecule has 0 aliphatic heterocycles. The van der Waals surface area contributed by atoms with Crippen LogP contribution in [-0.2, 0) is 9.59 Å². The normalized spacial score (nSPS) is 15.1. The number of aliphatic hydroxyl groups is 3. The Bertz CT molecular complexity index is 770. The van der Waals surface area contributed by atoms with Gasteiger partial charge in [-0.05, 0) is 49.0 Å². The fourth-order valence-corrected chi connectivity index (χ4v) is 3.58. The summed E-state index contributed by atoms with van der Waals surface area (Å²) in [5.41, 5.74) is 1.84. The largest absolute Gasteiger partial charge is 0.491 e. The highest BCUT2D eigenvalue weighted by molar-refractivity contribution is 5.99. The van der Waals surface area contributed by atoms with Crippen LogP contribution in [-0.4, -0.2) is 59.0 Å². The molecule has 0 saturated carbocycles. The van der Waals surface area contributed by atoms with Crippen LogP contribution in [0.2, 0.25) is 0 Å². The maximum atomic E-state index is 12.2. The number of Topliss-reactive ketones (excluding diaryl/α,β-unsaturated/α-hetero) is 1. The number of carbonyl (C=O) groups excluding carboxylic acids is 2. The van der Waals surface area contributed by atoms with Gasteiger partial charge in [0.05, 0.1) is 19.3 Å². The lowest BCUT2D eigenvalue weighted by Crippen LogP contribution is -2.39. The van der Waals surface area contributed by atoms with Gasteiger partial charge in [0.2, 0.25) is 5.91 Å². The smallest absolute Gasteiger partial charge is 0.220 e. The zero-order valence-corrected chi connectivity index (χ0v) is 18.5. The first-order valence-corrected chi connectivity index (χ1v) is 11.3. The predicted molar refractivity (Wildman–Crippen MR) is 122 cm³/mol. The number of unbranched alkanes of at least 4 members (excludes halogenated alkanes) is 3. The summed E-state index contributed by atoms with van der Waals surface area (Å²) in [6.45, 7) is -0.402. The molecule has 1 aromatic carbocycles. The standard InChI is InChI=1S/C25H35NO6/c27-16-20(17-28)26-25(31)11-7-2-1-6-10-23-19(13-15-24(23)30)12-14-21(29)18-32-22-8-4-3-5-9-22/h3-5,8-9,12,14,20-21,27-29H,1-2,6-7,10-11,13,15-18H2,(H,26,31)/b14-12+. The topological polar surface area (TPSA) is 116 Å². The van der Waals surface area contributed by atoms with Crippen molar-refractivity contribution < 1.29 is 29.6 Å². The molecule has 2 rings (SSSR count). The van der Waals surface area contributed by atoms with Crippen LogP contribution in [0.5, 0.6) is 5.75 Å². The first-order chi connectivity index (χ1) is 15.5. The number of para-hydroxylation sites is 1. The van der Waals surface area contributed by atoms with Crippen molar-refractivity contribution in [3.63, 3.8) is 0 Å². The Hall–Kier alpha value is -2.48. The van der Waals surface area contributed by atoms with E-state index in [4.69, 9.17) is 14.9 Å². The highest BCUT2D eigenvalue weighted by atomic mass is 16.5. The molecule has 1 unspecified atom stereocenters. The maximum Gasteiger partial charge on any atom is 0.220 e. The molecule has 1 aromatic rings. The van der Waals surface area contributed by atoms with Gasteiger partial charge in [-0.15, -0.1) is 0 Å². The molecule has 0 fully saturated rings. The molecule has 0 saturated heterocycles. The second-order valence-electron chi connectivity index (χ2n) is 8.02. The lowest BCUT2D eigenvalue weighted by molar-refractivity contribution is -0.122. The van der Waals surface area contributed by atoms with E-state index in [9.17, 15) is 14.7 Å². The van der Waals surface area contributed by atoms with Crippen LogP contribution in [0.3, 0.4) is 0 Å². The van der Waals surface area contributed by atoms with E-state index in [0.29, 0.717) is 31.4 Å². The number of allylic oxidation sites excluding steroid dienone is 3. The Morgan fingerprint density at radius 1 is 1.06 bits per heavy atom. The third-order valence-electron chi connectivity index (χ3n) is 5.42. The van der Waals surface area contributed by atoms with Gasteiger partial charge in [0.15, 0.2) is 5.78 Å². The Morgan fingerprint density at radius 2 is 1.78 bits per heavy atom. The van der Waals surface area contributed by atoms with E-state index in [2.05, 4.69) is 5.32 Å². The van der Waals surface area contributed by atoms with Gasteiger partial charge in [-0.2, -0.15) is 0 Å². The molecule has 4 N–H and O–H groups in total. The summed E-state index contributed by atoms with van der Waals surface area (Å²) in [4.78, 5) is 24.0. The van der Waals surface area contributed by atoms with E-state index in [0.717, 1.165) is 36.8 Å². The molecular formula is C25H35NO6. The third kappa shape index (κ3) is 9.34. The molecule has 1 amide bonds. The Morgan fingerprint density at radius 3 is 2.50 bits per heavy atom. The molecule has 0 heterocycles. The first-order valence-electron chi connectivity index (χ1n) is 11.3. The fraction of sp³-hybridized carbons (Fsp3) is 0.520. The number of ether oxygens (including phenoxy) is 1. The van der Waals surface area contributed by atoms with Crippen LogP contribution < -0.4 is 10.1 Å². The number of carbonyl (C=O) groups is 2. The molecule has 7 heteroatoms. The zero-order valence-electron chi connectivity index (χ0n) is 18.5. The highest BCUT2D eigenvalue weighted by Crippen LogP contribution is 2.28. The molecule has 0 aromatic heterocycles. The lowest BCUT2D eigenvalue weighted by Gasteiger charge is -2.13. The van der Waals surface area contributed by atoms with E-state index in [1.165, 1.54) is 0 Å². The minimum absolute atomic E-state index is 0.155. The zero-order chi connectivity index (χ0) is 23.2. The number of ketones is 1. The quantitative estimate of drug-likeness (QED) is 0.308. The third-order valence-corrected chi connectivity index (χ3v) is 5.42. The molecule has 1 aliphatic rings. The van der Waals surface area contributed by atoms with E-state index < -0.39 is 12.1 Å². The van der Waals surface area contributed by atoms with Crippen molar-refractivity contribution in [1.29, 1.82) is 0 Å². The molecule has 1 aliphatic carbocycles. The van der Waals surface area contributed by atoms with Gasteiger partial charge in [0.1, 0.15) is 18.5 Å². The number of rotatable bonds is 15. The number of aliphatic hydroxyl groups excluding tert-OH is 3. The Kier molecular flexibility index (Phi) is 11.7. The van der Waals surface area contributed by atoms with Crippen LogP contribution in [0.25, 0.3) is 0 Å². The van der Waals surface area contributed by atoms with Gasteiger partial charge < -0.3 is 25.4 Å². The summed E-state index contributed by atoms with van der Waals surface area (Å²) < 4.78 is 5.55.